The average molecular weight is 281 g/mol. The number of unbranched alkanes of at least 4 members (excludes halogenated alkanes) is 3. The maximum absolute atomic E-state index is 5.78. The molecule has 0 radical (unpaired) electrons. The van der Waals surface area contributed by atoms with Gasteiger partial charge in [0.1, 0.15) is 0 Å². The Bertz CT molecular complexity index is 204. The summed E-state index contributed by atoms with van der Waals surface area (Å²) in [5.41, 5.74) is 0. The van der Waals surface area contributed by atoms with E-state index in [2.05, 4.69) is 6.92 Å². The highest BCUT2D eigenvalue weighted by Crippen LogP contribution is 2.28. The van der Waals surface area contributed by atoms with Crippen LogP contribution in [0.1, 0.15) is 46.0 Å². The number of hydrogen-bond acceptors (Lipinski definition) is 3. The molecule has 17 heavy (non-hydrogen) atoms. The lowest BCUT2D eigenvalue weighted by Gasteiger charge is -2.22. The Balaban J connectivity index is 1.99. The van der Waals surface area contributed by atoms with E-state index in [1.807, 2.05) is 18.7 Å². The van der Waals surface area contributed by atoms with E-state index in [9.17, 15) is 0 Å². The SMILES string of the molecule is CCCCCCSCCC1(C)OCC(CCl)O1. The lowest BCUT2D eigenvalue weighted by atomic mass is 10.2. The van der Waals surface area contributed by atoms with Gasteiger partial charge in [-0.3, -0.25) is 0 Å². The number of halogens is 1. The first-order chi connectivity index (χ1) is 8.20. The molecule has 0 aromatic carbocycles. The van der Waals surface area contributed by atoms with E-state index in [-0.39, 0.29) is 6.10 Å². The van der Waals surface area contributed by atoms with Crippen molar-refractivity contribution in [3.05, 3.63) is 0 Å². The Morgan fingerprint density at radius 3 is 2.76 bits per heavy atom. The molecule has 1 aliphatic rings. The number of hydrogen-bond donors (Lipinski definition) is 0. The first kappa shape index (κ1) is 15.6. The highest BCUT2D eigenvalue weighted by Gasteiger charge is 2.36. The first-order valence-corrected chi connectivity index (χ1v) is 8.34. The summed E-state index contributed by atoms with van der Waals surface area (Å²) in [7, 11) is 0. The van der Waals surface area contributed by atoms with Crippen LogP contribution in [0.5, 0.6) is 0 Å². The van der Waals surface area contributed by atoms with Crippen LogP contribution in [0.25, 0.3) is 0 Å². The summed E-state index contributed by atoms with van der Waals surface area (Å²) >= 11 is 7.76. The van der Waals surface area contributed by atoms with Crippen molar-refractivity contribution in [3.63, 3.8) is 0 Å². The predicted octanol–water partition coefficient (Wildman–Crippen LogP) is 4.06. The Labute approximate surface area is 115 Å². The second-order valence-corrected chi connectivity index (χ2v) is 6.30. The predicted molar refractivity (Wildman–Crippen MR) is 76.0 cm³/mol. The van der Waals surface area contributed by atoms with Gasteiger partial charge < -0.3 is 9.47 Å². The summed E-state index contributed by atoms with van der Waals surface area (Å²) in [6.07, 6.45) is 6.41. The molecule has 0 saturated carbocycles. The standard InChI is InChI=1S/C13H25ClO2S/c1-3-4-5-6-8-17-9-7-13(2)15-11-12(10-14)16-13/h12H,3-11H2,1-2H3. The van der Waals surface area contributed by atoms with Crippen LogP contribution in [0.3, 0.4) is 0 Å². The van der Waals surface area contributed by atoms with Crippen molar-refractivity contribution < 1.29 is 9.47 Å². The molecule has 1 fully saturated rings. The molecular weight excluding hydrogens is 256 g/mol. The molecule has 2 nitrogen and oxygen atoms in total. The minimum Gasteiger partial charge on any atom is -0.347 e. The molecule has 1 rings (SSSR count). The van der Waals surface area contributed by atoms with Gasteiger partial charge in [0, 0.05) is 6.42 Å². The fraction of sp³-hybridized carbons (Fsp3) is 1.00. The summed E-state index contributed by atoms with van der Waals surface area (Å²) < 4.78 is 11.4. The normalized spacial score (nSPS) is 28.8. The molecule has 0 aromatic heterocycles. The topological polar surface area (TPSA) is 18.5 Å². The molecule has 0 aromatic rings. The second kappa shape index (κ2) is 8.63. The van der Waals surface area contributed by atoms with E-state index in [0.29, 0.717) is 12.5 Å². The van der Waals surface area contributed by atoms with Crippen LogP contribution in [0.4, 0.5) is 0 Å². The Morgan fingerprint density at radius 2 is 2.12 bits per heavy atom. The van der Waals surface area contributed by atoms with Gasteiger partial charge in [0.2, 0.25) is 0 Å². The summed E-state index contributed by atoms with van der Waals surface area (Å²) in [6.45, 7) is 4.91. The monoisotopic (exact) mass is 280 g/mol. The molecule has 0 amide bonds. The van der Waals surface area contributed by atoms with Crippen molar-refractivity contribution in [1.82, 2.24) is 0 Å². The zero-order chi connectivity index (χ0) is 12.6. The fourth-order valence-corrected chi connectivity index (χ4v) is 3.17. The quantitative estimate of drug-likeness (QED) is 0.469. The zero-order valence-corrected chi connectivity index (χ0v) is 12.6. The van der Waals surface area contributed by atoms with Crippen LogP contribution in [0, 0.1) is 0 Å². The molecule has 1 heterocycles. The molecule has 1 saturated heterocycles. The van der Waals surface area contributed by atoms with Crippen LogP contribution in [-0.2, 0) is 9.47 Å². The highest BCUT2D eigenvalue weighted by atomic mass is 35.5. The first-order valence-electron chi connectivity index (χ1n) is 6.65. The van der Waals surface area contributed by atoms with Crippen LogP contribution >= 0.6 is 23.4 Å². The summed E-state index contributed by atoms with van der Waals surface area (Å²) in [6, 6.07) is 0. The van der Waals surface area contributed by atoms with Crippen LogP contribution in [0.15, 0.2) is 0 Å². The third-order valence-corrected chi connectivity index (χ3v) is 4.42. The van der Waals surface area contributed by atoms with Crippen LogP contribution in [0.2, 0.25) is 0 Å². The number of ether oxygens (including phenoxy) is 2. The van der Waals surface area contributed by atoms with Gasteiger partial charge >= 0.3 is 0 Å². The molecule has 102 valence electrons. The van der Waals surface area contributed by atoms with Gasteiger partial charge in [-0.05, 0) is 24.9 Å². The van der Waals surface area contributed by atoms with Gasteiger partial charge in [0.15, 0.2) is 5.79 Å². The van der Waals surface area contributed by atoms with Gasteiger partial charge in [-0.2, -0.15) is 11.8 Å². The summed E-state index contributed by atoms with van der Waals surface area (Å²) in [4.78, 5) is 0. The lowest BCUT2D eigenvalue weighted by molar-refractivity contribution is -0.152. The van der Waals surface area contributed by atoms with Gasteiger partial charge in [-0.1, -0.05) is 26.2 Å². The van der Waals surface area contributed by atoms with E-state index < -0.39 is 5.79 Å². The highest BCUT2D eigenvalue weighted by molar-refractivity contribution is 7.99. The molecule has 0 N–H and O–H groups in total. The van der Waals surface area contributed by atoms with Crippen molar-refractivity contribution in [1.29, 1.82) is 0 Å². The smallest absolute Gasteiger partial charge is 0.166 e. The van der Waals surface area contributed by atoms with Gasteiger partial charge in [-0.25, -0.2) is 0 Å². The summed E-state index contributed by atoms with van der Waals surface area (Å²) in [5.74, 6) is 2.50. The van der Waals surface area contributed by atoms with Crippen LogP contribution < -0.4 is 0 Å². The third-order valence-electron chi connectivity index (χ3n) is 3.01. The Kier molecular flexibility index (Phi) is 7.92. The average Bonchev–Trinajstić information content (AvgIpc) is 2.70. The van der Waals surface area contributed by atoms with Crippen molar-refractivity contribution in [2.24, 2.45) is 0 Å². The maximum atomic E-state index is 5.78. The third kappa shape index (κ3) is 6.32. The molecule has 0 bridgehead atoms. The second-order valence-electron chi connectivity index (χ2n) is 4.76. The largest absolute Gasteiger partial charge is 0.347 e. The van der Waals surface area contributed by atoms with Gasteiger partial charge in [0.05, 0.1) is 18.6 Å². The number of thioether (sulfide) groups is 1. The molecule has 4 heteroatoms. The number of alkyl halides is 1. The molecule has 0 spiro atoms. The maximum Gasteiger partial charge on any atom is 0.166 e. The summed E-state index contributed by atoms with van der Waals surface area (Å²) in [5, 5.41) is 0. The fourth-order valence-electron chi connectivity index (χ4n) is 1.89. The van der Waals surface area contributed by atoms with Crippen molar-refractivity contribution in [3.8, 4) is 0 Å². The molecule has 0 aliphatic carbocycles. The van der Waals surface area contributed by atoms with E-state index in [1.54, 1.807) is 0 Å². The number of rotatable bonds is 9. The Hall–Kier alpha value is 0.560. The lowest BCUT2D eigenvalue weighted by Crippen LogP contribution is -2.27. The van der Waals surface area contributed by atoms with E-state index in [0.717, 1.165) is 12.2 Å². The van der Waals surface area contributed by atoms with E-state index in [4.69, 9.17) is 21.1 Å². The van der Waals surface area contributed by atoms with Crippen molar-refractivity contribution in [2.45, 2.75) is 57.8 Å². The zero-order valence-electron chi connectivity index (χ0n) is 11.0. The Morgan fingerprint density at radius 1 is 1.29 bits per heavy atom. The molecule has 1 aliphatic heterocycles. The van der Waals surface area contributed by atoms with Crippen molar-refractivity contribution in [2.75, 3.05) is 24.0 Å². The van der Waals surface area contributed by atoms with Crippen LogP contribution in [-0.4, -0.2) is 35.9 Å². The minimum atomic E-state index is -0.393. The van der Waals surface area contributed by atoms with E-state index in [1.165, 1.54) is 31.4 Å². The van der Waals surface area contributed by atoms with Crippen molar-refractivity contribution >= 4 is 23.4 Å². The van der Waals surface area contributed by atoms with Gasteiger partial charge in [0.25, 0.3) is 0 Å². The van der Waals surface area contributed by atoms with Gasteiger partial charge in [-0.15, -0.1) is 11.6 Å². The molecule has 2 atom stereocenters. The minimum absolute atomic E-state index is 0.0798. The molecular formula is C13H25ClO2S. The molecule has 2 unspecified atom stereocenters. The van der Waals surface area contributed by atoms with E-state index >= 15 is 0 Å².